The number of hydrogen-bond donors (Lipinski definition) is 0. The van der Waals surface area contributed by atoms with Gasteiger partial charge in [-0.3, -0.25) is 4.79 Å². The van der Waals surface area contributed by atoms with Gasteiger partial charge in [0, 0.05) is 55.7 Å². The summed E-state index contributed by atoms with van der Waals surface area (Å²) in [5.41, 5.74) is 4.59. The first-order valence-corrected chi connectivity index (χ1v) is 14.5. The Kier molecular flexibility index (Phi) is 7.68. The molecule has 3 aromatic carbocycles. The smallest absolute Gasteiger partial charge is 0.254 e. The van der Waals surface area contributed by atoms with Crippen molar-refractivity contribution in [1.29, 1.82) is 0 Å². The predicted octanol–water partition coefficient (Wildman–Crippen LogP) is 7.01. The van der Waals surface area contributed by atoms with Gasteiger partial charge in [0.25, 0.3) is 5.91 Å². The number of piperazine rings is 1. The molecule has 42 heavy (non-hydrogen) atoms. The first-order chi connectivity index (χ1) is 20.2. The molecule has 1 amide bonds. The first kappa shape index (κ1) is 28.2. The second kappa shape index (κ2) is 11.4. The van der Waals surface area contributed by atoms with Gasteiger partial charge in [-0.25, -0.2) is 13.5 Å². The number of allylic oxidation sites excluding steroid dienone is 1. The Morgan fingerprint density at radius 2 is 1.55 bits per heavy atom. The van der Waals surface area contributed by atoms with E-state index in [1.165, 1.54) is 24.3 Å². The van der Waals surface area contributed by atoms with E-state index >= 15 is 0 Å². The monoisotopic (exact) mass is 607 g/mol. The molecule has 0 bridgehead atoms. The molecule has 3 heterocycles. The molecule has 1 unspecified atom stereocenters. The van der Waals surface area contributed by atoms with E-state index in [9.17, 15) is 13.6 Å². The Hall–Kier alpha value is -3.88. The molecule has 0 saturated carbocycles. The van der Waals surface area contributed by atoms with Gasteiger partial charge in [-0.05, 0) is 61.9 Å². The molecule has 10 heteroatoms. The zero-order valence-electron chi connectivity index (χ0n) is 23.2. The van der Waals surface area contributed by atoms with Gasteiger partial charge >= 0.3 is 0 Å². The second-order valence-corrected chi connectivity index (χ2v) is 11.4. The number of aryl methyl sites for hydroxylation is 1. The molecule has 6 rings (SSSR count). The number of carbonyl (C=O) groups excluding carboxylic acids is 1. The summed E-state index contributed by atoms with van der Waals surface area (Å²) < 4.78 is 29.0. The van der Waals surface area contributed by atoms with E-state index in [1.807, 2.05) is 46.5 Å². The van der Waals surface area contributed by atoms with Crippen molar-refractivity contribution in [2.75, 3.05) is 36.0 Å². The summed E-state index contributed by atoms with van der Waals surface area (Å²) >= 11 is 13.2. The number of benzene rings is 3. The fourth-order valence-electron chi connectivity index (χ4n) is 5.78. The molecule has 1 saturated heterocycles. The van der Waals surface area contributed by atoms with Crippen LogP contribution in [0.4, 0.5) is 20.3 Å². The van der Waals surface area contributed by atoms with Crippen molar-refractivity contribution in [2.45, 2.75) is 26.4 Å². The van der Waals surface area contributed by atoms with E-state index in [0.29, 0.717) is 53.9 Å². The van der Waals surface area contributed by atoms with Gasteiger partial charge in [-0.15, -0.1) is 0 Å². The highest BCUT2D eigenvalue weighted by Gasteiger charge is 2.40. The average molecular weight is 609 g/mol. The van der Waals surface area contributed by atoms with Crippen LogP contribution >= 0.6 is 23.2 Å². The minimum atomic E-state index is -0.605. The van der Waals surface area contributed by atoms with Crippen LogP contribution in [0.5, 0.6) is 0 Å². The number of hydrogen-bond acceptors (Lipinski definition) is 4. The molecule has 2 aliphatic rings. The van der Waals surface area contributed by atoms with Crippen molar-refractivity contribution in [2.24, 2.45) is 0 Å². The summed E-state index contributed by atoms with van der Waals surface area (Å²) in [6.45, 7) is 6.46. The van der Waals surface area contributed by atoms with Crippen LogP contribution in [-0.2, 0) is 11.3 Å². The third-order valence-corrected chi connectivity index (χ3v) is 8.78. The largest absolute Gasteiger partial charge is 0.368 e. The molecule has 0 aliphatic carbocycles. The number of fused-ring (bicyclic) bond motifs is 1. The quantitative estimate of drug-likeness (QED) is 0.245. The van der Waals surface area contributed by atoms with Gasteiger partial charge in [0.1, 0.15) is 23.5 Å². The fraction of sp³-hybridized carbons (Fsp3) is 0.250. The molecule has 0 radical (unpaired) electrons. The highest BCUT2D eigenvalue weighted by molar-refractivity contribution is 6.42. The van der Waals surface area contributed by atoms with Crippen molar-refractivity contribution < 1.29 is 13.6 Å². The first-order valence-electron chi connectivity index (χ1n) is 13.7. The normalized spacial score (nSPS) is 17.1. The summed E-state index contributed by atoms with van der Waals surface area (Å²) in [6, 6.07) is 19.5. The van der Waals surface area contributed by atoms with Crippen LogP contribution in [0, 0.1) is 18.6 Å². The molecule has 0 N–H and O–H groups in total. The maximum absolute atomic E-state index is 14.5. The number of carbonyl (C=O) groups is 1. The molecule has 6 nitrogen and oxygen atoms in total. The number of nitrogens with zero attached hydrogens (tertiary/aromatic N) is 5. The van der Waals surface area contributed by atoms with Crippen LogP contribution in [0.25, 0.3) is 0 Å². The number of amides is 1. The Morgan fingerprint density at radius 1 is 0.905 bits per heavy atom. The highest BCUT2D eigenvalue weighted by Crippen LogP contribution is 2.44. The zero-order chi connectivity index (χ0) is 29.5. The van der Waals surface area contributed by atoms with E-state index in [-0.39, 0.29) is 17.5 Å². The second-order valence-electron chi connectivity index (χ2n) is 10.6. The lowest BCUT2D eigenvalue weighted by Crippen LogP contribution is -2.50. The van der Waals surface area contributed by atoms with E-state index in [1.54, 1.807) is 30.3 Å². The lowest BCUT2D eigenvalue weighted by Gasteiger charge is -2.41. The fourth-order valence-corrected chi connectivity index (χ4v) is 6.20. The van der Waals surface area contributed by atoms with Crippen LogP contribution < -0.4 is 9.80 Å². The third-order valence-electron chi connectivity index (χ3n) is 7.95. The van der Waals surface area contributed by atoms with Gasteiger partial charge in [-0.2, -0.15) is 5.10 Å². The topological polar surface area (TPSA) is 44.6 Å². The number of halogens is 4. The molecule has 1 aromatic heterocycles. The zero-order valence-corrected chi connectivity index (χ0v) is 24.7. The lowest BCUT2D eigenvalue weighted by atomic mass is 9.93. The van der Waals surface area contributed by atoms with Gasteiger partial charge in [0.2, 0.25) is 0 Å². The Morgan fingerprint density at radius 3 is 2.21 bits per heavy atom. The minimum Gasteiger partial charge on any atom is -0.368 e. The molecule has 216 valence electrons. The van der Waals surface area contributed by atoms with Gasteiger partial charge in [-0.1, -0.05) is 47.5 Å². The van der Waals surface area contributed by atoms with Gasteiger partial charge in [0.15, 0.2) is 0 Å². The molecule has 4 aromatic rings. The molecule has 0 spiro atoms. The summed E-state index contributed by atoms with van der Waals surface area (Å²) in [5.74, 6) is 0.0940. The van der Waals surface area contributed by atoms with Crippen molar-refractivity contribution in [3.63, 3.8) is 0 Å². The van der Waals surface area contributed by atoms with Crippen molar-refractivity contribution in [3.8, 4) is 0 Å². The molecule has 1 fully saturated rings. The van der Waals surface area contributed by atoms with E-state index in [0.717, 1.165) is 28.5 Å². The highest BCUT2D eigenvalue weighted by atomic mass is 35.5. The summed E-state index contributed by atoms with van der Waals surface area (Å²) in [6.07, 6.45) is 0. The summed E-state index contributed by atoms with van der Waals surface area (Å²) in [7, 11) is 0. The van der Waals surface area contributed by atoms with E-state index < -0.39 is 6.04 Å². The lowest BCUT2D eigenvalue weighted by molar-refractivity contribution is -0.128. The SMILES string of the molecule is CC1=C(C(=O)N2CCN(c3ccc(F)cc3)CC2)C(c2cccc(Cl)c2Cl)n2nc(C)cc2N1Cc1ccc(F)cc1. The maximum atomic E-state index is 14.5. The molecule has 2 aliphatic heterocycles. The Bertz CT molecular complexity index is 1660. The van der Waals surface area contributed by atoms with Crippen LogP contribution in [-0.4, -0.2) is 46.8 Å². The van der Waals surface area contributed by atoms with E-state index in [4.69, 9.17) is 28.3 Å². The number of rotatable bonds is 5. The number of aromatic nitrogens is 2. The van der Waals surface area contributed by atoms with E-state index in [2.05, 4.69) is 4.90 Å². The van der Waals surface area contributed by atoms with Crippen molar-refractivity contribution in [1.82, 2.24) is 14.7 Å². The Labute approximate surface area is 253 Å². The summed E-state index contributed by atoms with van der Waals surface area (Å²) in [5, 5.41) is 5.59. The summed E-state index contributed by atoms with van der Waals surface area (Å²) in [4.78, 5) is 20.5. The van der Waals surface area contributed by atoms with Gasteiger partial charge < -0.3 is 14.7 Å². The minimum absolute atomic E-state index is 0.116. The molecule has 1 atom stereocenters. The Balaban J connectivity index is 1.40. The standard InChI is InChI=1S/C32H29Cl2F2N5O/c1-20-18-28-40(19-22-6-8-23(35)9-7-22)21(2)29(31(41(28)37-20)26-4-3-5-27(33)30(26)34)32(42)39-16-14-38(15-17-39)25-12-10-24(36)11-13-25/h3-13,18,31H,14-17,19H2,1-2H3. The van der Waals surface area contributed by atoms with Crippen LogP contribution in [0.3, 0.4) is 0 Å². The van der Waals surface area contributed by atoms with Crippen molar-refractivity contribution in [3.05, 3.63) is 123 Å². The third kappa shape index (κ3) is 5.25. The predicted molar refractivity (Wildman–Crippen MR) is 162 cm³/mol. The van der Waals surface area contributed by atoms with Crippen LogP contribution in [0.1, 0.15) is 29.8 Å². The average Bonchev–Trinajstić information content (AvgIpc) is 3.38. The molecular formula is C32H29Cl2F2N5O. The van der Waals surface area contributed by atoms with Crippen molar-refractivity contribution >= 4 is 40.6 Å². The van der Waals surface area contributed by atoms with Gasteiger partial charge in [0.05, 0.1) is 21.3 Å². The molecular weight excluding hydrogens is 579 g/mol. The number of anilines is 2. The van der Waals surface area contributed by atoms with Crippen LogP contribution in [0.15, 0.2) is 84.1 Å². The van der Waals surface area contributed by atoms with Crippen LogP contribution in [0.2, 0.25) is 10.0 Å². The maximum Gasteiger partial charge on any atom is 0.254 e.